The van der Waals surface area contributed by atoms with Crippen LogP contribution in [0.15, 0.2) is 18.3 Å². The van der Waals surface area contributed by atoms with Crippen molar-refractivity contribution < 1.29 is 9.59 Å². The fraction of sp³-hybridized carbons (Fsp3) is 0.632. The van der Waals surface area contributed by atoms with E-state index in [1.54, 1.807) is 6.20 Å². The number of rotatable bonds is 6. The van der Waals surface area contributed by atoms with Gasteiger partial charge in [-0.3, -0.25) is 9.59 Å². The van der Waals surface area contributed by atoms with E-state index in [1.807, 2.05) is 6.07 Å². The Balaban J connectivity index is 1.59. The second kappa shape index (κ2) is 8.32. The minimum Gasteiger partial charge on any atom is -0.357 e. The number of nitrogens with one attached hydrogen (secondary N) is 2. The van der Waals surface area contributed by atoms with E-state index < -0.39 is 6.04 Å². The molecule has 1 saturated heterocycles. The number of amides is 2. The van der Waals surface area contributed by atoms with Gasteiger partial charge in [-0.25, -0.2) is 4.98 Å². The Morgan fingerprint density at radius 2 is 1.96 bits per heavy atom. The number of hydrogen-bond donors (Lipinski definition) is 2. The summed E-state index contributed by atoms with van der Waals surface area (Å²) in [5.41, 5.74) is 1.04. The molecule has 0 aromatic carbocycles. The monoisotopic (exact) mass is 344 g/mol. The van der Waals surface area contributed by atoms with Crippen molar-refractivity contribution in [2.45, 2.75) is 58.0 Å². The maximum absolute atomic E-state index is 12.6. The molecule has 25 heavy (non-hydrogen) atoms. The van der Waals surface area contributed by atoms with Crippen molar-refractivity contribution in [3.05, 3.63) is 23.9 Å². The van der Waals surface area contributed by atoms with Crippen molar-refractivity contribution in [2.75, 3.05) is 18.0 Å². The third-order valence-electron chi connectivity index (χ3n) is 5.22. The van der Waals surface area contributed by atoms with Crippen LogP contribution in [-0.4, -0.2) is 35.9 Å². The Labute approximate surface area is 149 Å². The summed E-state index contributed by atoms with van der Waals surface area (Å²) in [6, 6.07) is 3.57. The molecule has 2 heterocycles. The number of carbonyl (C=O) groups is 2. The van der Waals surface area contributed by atoms with E-state index in [4.69, 9.17) is 0 Å². The first kappa shape index (κ1) is 17.7. The highest BCUT2D eigenvalue weighted by molar-refractivity contribution is 5.87. The lowest BCUT2D eigenvalue weighted by Crippen LogP contribution is -2.49. The normalized spacial score (nSPS) is 19.0. The fourth-order valence-electron chi connectivity index (χ4n) is 3.90. The molecule has 1 aliphatic heterocycles. The van der Waals surface area contributed by atoms with Gasteiger partial charge in [0.05, 0.1) is 0 Å². The molecule has 1 aliphatic carbocycles. The first-order chi connectivity index (χ1) is 12.1. The Bertz CT molecular complexity index is 607. The summed E-state index contributed by atoms with van der Waals surface area (Å²) in [5.74, 6) is 1.01. The standard InChI is InChI=1S/C19H28N4O2/c1-14(24)22-18(16-6-2-3-7-16)19(25)21-13-15-8-9-20-17(12-15)23-10-4-5-11-23/h8-9,12,16,18H,2-7,10-11,13H2,1H3,(H,21,25)(H,22,24). The highest BCUT2D eigenvalue weighted by atomic mass is 16.2. The molecule has 6 nitrogen and oxygen atoms in total. The number of pyridine rings is 1. The Hall–Kier alpha value is -2.11. The molecule has 0 bridgehead atoms. The van der Waals surface area contributed by atoms with Crippen LogP contribution in [-0.2, 0) is 16.1 Å². The van der Waals surface area contributed by atoms with Gasteiger partial charge in [-0.15, -0.1) is 0 Å². The van der Waals surface area contributed by atoms with Gasteiger partial charge in [-0.2, -0.15) is 0 Å². The van der Waals surface area contributed by atoms with Crippen LogP contribution in [0, 0.1) is 5.92 Å². The molecule has 6 heteroatoms. The van der Waals surface area contributed by atoms with Crippen molar-refractivity contribution >= 4 is 17.6 Å². The molecule has 2 aliphatic rings. The van der Waals surface area contributed by atoms with E-state index in [9.17, 15) is 9.59 Å². The van der Waals surface area contributed by atoms with Gasteiger partial charge in [-0.1, -0.05) is 12.8 Å². The van der Waals surface area contributed by atoms with E-state index in [0.29, 0.717) is 6.54 Å². The zero-order valence-electron chi connectivity index (χ0n) is 15.0. The fourth-order valence-corrected chi connectivity index (χ4v) is 3.90. The number of hydrogen-bond acceptors (Lipinski definition) is 4. The predicted octanol–water partition coefficient (Wildman–Crippen LogP) is 1.99. The summed E-state index contributed by atoms with van der Waals surface area (Å²) in [6.45, 7) is 4.04. The topological polar surface area (TPSA) is 74.3 Å². The lowest BCUT2D eigenvalue weighted by atomic mass is 9.97. The Morgan fingerprint density at radius 3 is 2.64 bits per heavy atom. The van der Waals surface area contributed by atoms with Gasteiger partial charge in [-0.05, 0) is 49.3 Å². The molecular formula is C19H28N4O2. The van der Waals surface area contributed by atoms with Crippen LogP contribution < -0.4 is 15.5 Å². The van der Waals surface area contributed by atoms with Crippen LogP contribution in [0.25, 0.3) is 0 Å². The number of nitrogens with zero attached hydrogens (tertiary/aromatic N) is 2. The summed E-state index contributed by atoms with van der Waals surface area (Å²) in [4.78, 5) is 30.8. The summed E-state index contributed by atoms with van der Waals surface area (Å²) >= 11 is 0. The van der Waals surface area contributed by atoms with Crippen LogP contribution in [0.2, 0.25) is 0 Å². The third kappa shape index (κ3) is 4.71. The molecule has 0 spiro atoms. The minimum atomic E-state index is -0.417. The van der Waals surface area contributed by atoms with E-state index in [2.05, 4.69) is 26.6 Å². The summed E-state index contributed by atoms with van der Waals surface area (Å²) in [5, 5.41) is 5.84. The molecule has 136 valence electrons. The van der Waals surface area contributed by atoms with E-state index in [-0.39, 0.29) is 17.7 Å². The third-order valence-corrected chi connectivity index (χ3v) is 5.22. The molecule has 0 radical (unpaired) electrons. The van der Waals surface area contributed by atoms with Crippen molar-refractivity contribution in [3.63, 3.8) is 0 Å². The molecule has 2 N–H and O–H groups in total. The van der Waals surface area contributed by atoms with Gasteiger partial charge < -0.3 is 15.5 Å². The summed E-state index contributed by atoms with van der Waals surface area (Å²) < 4.78 is 0. The second-order valence-electron chi connectivity index (χ2n) is 7.16. The Kier molecular flexibility index (Phi) is 5.89. The van der Waals surface area contributed by atoms with Crippen molar-refractivity contribution in [3.8, 4) is 0 Å². The number of aromatic nitrogens is 1. The predicted molar refractivity (Wildman–Crippen MR) is 97.1 cm³/mol. The molecule has 1 aromatic heterocycles. The van der Waals surface area contributed by atoms with E-state index in [0.717, 1.165) is 50.2 Å². The molecule has 1 saturated carbocycles. The molecule has 1 unspecified atom stereocenters. The SMILES string of the molecule is CC(=O)NC(C(=O)NCc1ccnc(N2CCCC2)c1)C1CCCC1. The molecule has 1 aromatic rings. The van der Waals surface area contributed by atoms with Gasteiger partial charge in [0.2, 0.25) is 11.8 Å². The lowest BCUT2D eigenvalue weighted by Gasteiger charge is -2.23. The molecule has 1 atom stereocenters. The highest BCUT2D eigenvalue weighted by Crippen LogP contribution is 2.28. The zero-order valence-corrected chi connectivity index (χ0v) is 15.0. The van der Waals surface area contributed by atoms with Crippen LogP contribution in [0.4, 0.5) is 5.82 Å². The number of carbonyl (C=O) groups excluding carboxylic acids is 2. The van der Waals surface area contributed by atoms with Crippen molar-refractivity contribution in [1.82, 2.24) is 15.6 Å². The maximum atomic E-state index is 12.6. The van der Waals surface area contributed by atoms with E-state index >= 15 is 0 Å². The molecule has 2 amide bonds. The summed E-state index contributed by atoms with van der Waals surface area (Å²) in [7, 11) is 0. The Morgan fingerprint density at radius 1 is 1.24 bits per heavy atom. The highest BCUT2D eigenvalue weighted by Gasteiger charge is 2.31. The number of anilines is 1. The van der Waals surface area contributed by atoms with Crippen LogP contribution >= 0.6 is 0 Å². The lowest BCUT2D eigenvalue weighted by molar-refractivity contribution is -0.129. The quantitative estimate of drug-likeness (QED) is 0.828. The maximum Gasteiger partial charge on any atom is 0.243 e. The summed E-state index contributed by atoms with van der Waals surface area (Å²) in [6.07, 6.45) is 8.51. The van der Waals surface area contributed by atoms with Gasteiger partial charge in [0.1, 0.15) is 11.9 Å². The van der Waals surface area contributed by atoms with Crippen LogP contribution in [0.5, 0.6) is 0 Å². The van der Waals surface area contributed by atoms with E-state index in [1.165, 1.54) is 19.8 Å². The molecule has 2 fully saturated rings. The second-order valence-corrected chi connectivity index (χ2v) is 7.16. The molecule has 3 rings (SSSR count). The van der Waals surface area contributed by atoms with Gasteiger partial charge in [0.15, 0.2) is 0 Å². The average molecular weight is 344 g/mol. The van der Waals surface area contributed by atoms with Gasteiger partial charge in [0.25, 0.3) is 0 Å². The minimum absolute atomic E-state index is 0.0818. The average Bonchev–Trinajstić information content (AvgIpc) is 3.31. The van der Waals surface area contributed by atoms with Gasteiger partial charge >= 0.3 is 0 Å². The van der Waals surface area contributed by atoms with Crippen LogP contribution in [0.3, 0.4) is 0 Å². The van der Waals surface area contributed by atoms with Crippen LogP contribution in [0.1, 0.15) is 51.0 Å². The van der Waals surface area contributed by atoms with Crippen molar-refractivity contribution in [1.29, 1.82) is 0 Å². The first-order valence-corrected chi connectivity index (χ1v) is 9.38. The van der Waals surface area contributed by atoms with Gasteiger partial charge in [0, 0.05) is 32.8 Å². The zero-order chi connectivity index (χ0) is 17.6. The first-order valence-electron chi connectivity index (χ1n) is 9.38. The molecular weight excluding hydrogens is 316 g/mol. The van der Waals surface area contributed by atoms with Crippen molar-refractivity contribution in [2.24, 2.45) is 5.92 Å². The largest absolute Gasteiger partial charge is 0.357 e. The smallest absolute Gasteiger partial charge is 0.243 e.